The number of hydrogen-bond acceptors (Lipinski definition) is 5. The van der Waals surface area contributed by atoms with Gasteiger partial charge < -0.3 is 10.1 Å². The number of ether oxygens (including phenoxy) is 1. The van der Waals surface area contributed by atoms with Crippen molar-refractivity contribution in [2.75, 3.05) is 18.2 Å². The molecular formula is C20H20ClN3O3S. The molecule has 28 heavy (non-hydrogen) atoms. The van der Waals surface area contributed by atoms with E-state index in [1.165, 1.54) is 23.4 Å². The number of aromatic nitrogens is 2. The molecule has 0 aliphatic carbocycles. The van der Waals surface area contributed by atoms with Crippen molar-refractivity contribution < 1.29 is 9.53 Å². The lowest BCUT2D eigenvalue weighted by molar-refractivity contribution is -0.115. The molecule has 0 saturated carbocycles. The van der Waals surface area contributed by atoms with Crippen LogP contribution in [0.25, 0.3) is 10.9 Å². The number of para-hydroxylation sites is 1. The molecule has 8 heteroatoms. The molecule has 1 amide bonds. The lowest BCUT2D eigenvalue weighted by atomic mass is 10.2. The van der Waals surface area contributed by atoms with Crippen LogP contribution in [-0.4, -0.2) is 28.3 Å². The molecule has 6 nitrogen and oxygen atoms in total. The minimum atomic E-state index is -0.154. The number of thioether (sulfide) groups is 1. The van der Waals surface area contributed by atoms with E-state index >= 15 is 0 Å². The second-order valence-electron chi connectivity index (χ2n) is 6.22. The first kappa shape index (κ1) is 20.2. The number of benzene rings is 2. The standard InChI is InChI=1S/C20H20ClN3O3S/c1-12-10-16(17(27-3)11-14(12)21)22-18(25)8-9-28-20-23-15-7-5-4-6-13(15)19(26)24(20)2/h4-7,10-11H,8-9H2,1-3H3,(H,22,25). The van der Waals surface area contributed by atoms with Crippen molar-refractivity contribution in [1.29, 1.82) is 0 Å². The molecule has 146 valence electrons. The molecule has 3 aromatic rings. The molecule has 0 aliphatic heterocycles. The summed E-state index contributed by atoms with van der Waals surface area (Å²) in [5, 5.41) is 4.58. The zero-order chi connectivity index (χ0) is 20.3. The van der Waals surface area contributed by atoms with Crippen LogP contribution < -0.4 is 15.6 Å². The maximum Gasteiger partial charge on any atom is 0.261 e. The number of nitrogens with one attached hydrogen (secondary N) is 1. The van der Waals surface area contributed by atoms with Crippen molar-refractivity contribution in [2.24, 2.45) is 7.05 Å². The van der Waals surface area contributed by atoms with Crippen molar-refractivity contribution in [3.8, 4) is 5.75 Å². The Morgan fingerprint density at radius 3 is 2.82 bits per heavy atom. The highest BCUT2D eigenvalue weighted by molar-refractivity contribution is 7.99. The first-order valence-corrected chi connectivity index (χ1v) is 9.99. The first-order chi connectivity index (χ1) is 13.4. The minimum Gasteiger partial charge on any atom is -0.495 e. The third-order valence-corrected chi connectivity index (χ3v) is 5.70. The second-order valence-corrected chi connectivity index (χ2v) is 7.69. The third-order valence-electron chi connectivity index (χ3n) is 4.26. The number of rotatable bonds is 6. The highest BCUT2D eigenvalue weighted by Gasteiger charge is 2.12. The van der Waals surface area contributed by atoms with Gasteiger partial charge in [-0.1, -0.05) is 35.5 Å². The Labute approximate surface area is 171 Å². The maximum absolute atomic E-state index is 12.4. The normalized spacial score (nSPS) is 10.9. The molecule has 3 rings (SSSR count). The summed E-state index contributed by atoms with van der Waals surface area (Å²) in [4.78, 5) is 29.3. The Balaban J connectivity index is 1.67. The highest BCUT2D eigenvalue weighted by Crippen LogP contribution is 2.31. The molecule has 1 heterocycles. The SMILES string of the molecule is COc1cc(Cl)c(C)cc1NC(=O)CCSc1nc2ccccc2c(=O)n1C. The lowest BCUT2D eigenvalue weighted by Gasteiger charge is -2.12. The van der Waals surface area contributed by atoms with Crippen molar-refractivity contribution >= 4 is 45.9 Å². The van der Waals surface area contributed by atoms with Crippen molar-refractivity contribution in [2.45, 2.75) is 18.5 Å². The van der Waals surface area contributed by atoms with Gasteiger partial charge in [-0.05, 0) is 30.7 Å². The van der Waals surface area contributed by atoms with Gasteiger partial charge in [0.1, 0.15) is 5.75 Å². The van der Waals surface area contributed by atoms with Crippen LogP contribution in [0, 0.1) is 6.92 Å². The molecule has 0 fully saturated rings. The van der Waals surface area contributed by atoms with E-state index < -0.39 is 0 Å². The Morgan fingerprint density at radius 2 is 2.07 bits per heavy atom. The topological polar surface area (TPSA) is 73.2 Å². The number of methoxy groups -OCH3 is 1. The van der Waals surface area contributed by atoms with Crippen LogP contribution in [0.4, 0.5) is 5.69 Å². The molecule has 0 saturated heterocycles. The predicted octanol–water partition coefficient (Wildman–Crippen LogP) is 4.02. The van der Waals surface area contributed by atoms with Crippen LogP contribution >= 0.6 is 23.4 Å². The zero-order valence-corrected chi connectivity index (χ0v) is 17.4. The van der Waals surface area contributed by atoms with E-state index in [1.807, 2.05) is 25.1 Å². The second kappa shape index (κ2) is 8.67. The molecule has 0 radical (unpaired) electrons. The summed E-state index contributed by atoms with van der Waals surface area (Å²) in [6, 6.07) is 10.7. The maximum atomic E-state index is 12.4. The summed E-state index contributed by atoms with van der Waals surface area (Å²) in [5.74, 6) is 0.841. The number of carbonyl (C=O) groups is 1. The Kier molecular flexibility index (Phi) is 6.26. The largest absolute Gasteiger partial charge is 0.495 e. The summed E-state index contributed by atoms with van der Waals surface area (Å²) in [6.07, 6.45) is 0.262. The molecule has 0 spiro atoms. The number of halogens is 1. The molecule has 0 unspecified atom stereocenters. The van der Waals surface area contributed by atoms with Crippen LogP contribution in [0.3, 0.4) is 0 Å². The molecule has 0 aliphatic rings. The van der Waals surface area contributed by atoms with Crippen molar-refractivity contribution in [3.63, 3.8) is 0 Å². The van der Waals surface area contributed by atoms with E-state index in [2.05, 4.69) is 10.3 Å². The number of fused-ring (bicyclic) bond motifs is 1. The van der Waals surface area contributed by atoms with Gasteiger partial charge in [0.05, 0.1) is 23.7 Å². The number of carbonyl (C=O) groups excluding carboxylic acids is 1. The fraction of sp³-hybridized carbons (Fsp3) is 0.250. The van der Waals surface area contributed by atoms with Crippen LogP contribution in [0.5, 0.6) is 5.75 Å². The number of amides is 1. The average molecular weight is 418 g/mol. The van der Waals surface area contributed by atoms with E-state index in [0.717, 1.165) is 5.56 Å². The summed E-state index contributed by atoms with van der Waals surface area (Å²) in [6.45, 7) is 1.86. The zero-order valence-electron chi connectivity index (χ0n) is 15.8. The van der Waals surface area contributed by atoms with E-state index in [1.54, 1.807) is 25.2 Å². The van der Waals surface area contributed by atoms with Gasteiger partial charge in [0, 0.05) is 30.3 Å². The monoisotopic (exact) mass is 417 g/mol. The Morgan fingerprint density at radius 1 is 1.32 bits per heavy atom. The van der Waals surface area contributed by atoms with Gasteiger partial charge in [-0.3, -0.25) is 14.2 Å². The van der Waals surface area contributed by atoms with E-state index in [0.29, 0.717) is 38.3 Å². The molecule has 1 aromatic heterocycles. The summed E-state index contributed by atoms with van der Waals surface area (Å²) < 4.78 is 6.78. The fourth-order valence-electron chi connectivity index (χ4n) is 2.70. The average Bonchev–Trinajstić information content (AvgIpc) is 2.68. The van der Waals surface area contributed by atoms with Crippen LogP contribution in [-0.2, 0) is 11.8 Å². The van der Waals surface area contributed by atoms with Crippen LogP contribution in [0.2, 0.25) is 5.02 Å². The van der Waals surface area contributed by atoms with E-state index in [9.17, 15) is 9.59 Å². The van der Waals surface area contributed by atoms with Crippen molar-refractivity contribution in [1.82, 2.24) is 9.55 Å². The third kappa shape index (κ3) is 4.31. The quantitative estimate of drug-likeness (QED) is 0.484. The fourth-order valence-corrected chi connectivity index (χ4v) is 3.77. The number of aryl methyl sites for hydroxylation is 1. The van der Waals surface area contributed by atoms with Crippen LogP contribution in [0.15, 0.2) is 46.3 Å². The van der Waals surface area contributed by atoms with Crippen LogP contribution in [0.1, 0.15) is 12.0 Å². The Hall–Kier alpha value is -2.51. The van der Waals surface area contributed by atoms with Gasteiger partial charge in [0.25, 0.3) is 5.56 Å². The molecule has 1 N–H and O–H groups in total. The van der Waals surface area contributed by atoms with Gasteiger partial charge in [0.15, 0.2) is 5.16 Å². The van der Waals surface area contributed by atoms with E-state index in [-0.39, 0.29) is 17.9 Å². The van der Waals surface area contributed by atoms with Gasteiger partial charge in [-0.15, -0.1) is 0 Å². The smallest absolute Gasteiger partial charge is 0.261 e. The van der Waals surface area contributed by atoms with Gasteiger partial charge in [0.2, 0.25) is 5.91 Å². The summed E-state index contributed by atoms with van der Waals surface area (Å²) in [5.41, 5.74) is 1.98. The van der Waals surface area contributed by atoms with Gasteiger partial charge >= 0.3 is 0 Å². The molecule has 0 atom stereocenters. The first-order valence-electron chi connectivity index (χ1n) is 8.63. The lowest BCUT2D eigenvalue weighted by Crippen LogP contribution is -2.20. The predicted molar refractivity (Wildman–Crippen MR) is 114 cm³/mol. The highest BCUT2D eigenvalue weighted by atomic mass is 35.5. The van der Waals surface area contributed by atoms with Gasteiger partial charge in [-0.2, -0.15) is 0 Å². The Bertz CT molecular complexity index is 1100. The summed E-state index contributed by atoms with van der Waals surface area (Å²) in [7, 11) is 3.21. The molecule has 2 aromatic carbocycles. The number of nitrogens with zero attached hydrogens (tertiary/aromatic N) is 2. The number of hydrogen-bond donors (Lipinski definition) is 1. The number of anilines is 1. The minimum absolute atomic E-state index is 0.0982. The summed E-state index contributed by atoms with van der Waals surface area (Å²) >= 11 is 7.46. The molecule has 0 bridgehead atoms. The van der Waals surface area contributed by atoms with Crippen molar-refractivity contribution in [3.05, 3.63) is 57.3 Å². The van der Waals surface area contributed by atoms with E-state index in [4.69, 9.17) is 16.3 Å². The molecular weight excluding hydrogens is 398 g/mol. The van der Waals surface area contributed by atoms with Gasteiger partial charge in [-0.25, -0.2) is 4.98 Å².